The maximum absolute atomic E-state index is 13.5. The van der Waals surface area contributed by atoms with Gasteiger partial charge in [0.2, 0.25) is 0 Å². The van der Waals surface area contributed by atoms with E-state index in [4.69, 9.17) is 9.15 Å². The summed E-state index contributed by atoms with van der Waals surface area (Å²) in [6, 6.07) is 6.29. The molecule has 1 heterocycles. The molecule has 0 bridgehead atoms. The highest BCUT2D eigenvalue weighted by atomic mass is 19.1. The number of ether oxygens (including phenoxy) is 1. The Labute approximate surface area is 112 Å². The Morgan fingerprint density at radius 2 is 2.11 bits per heavy atom. The Hall–Kier alpha value is -1.81. The summed E-state index contributed by atoms with van der Waals surface area (Å²) in [6.07, 6.45) is 1.64. The quantitative estimate of drug-likeness (QED) is 0.897. The van der Waals surface area contributed by atoms with Gasteiger partial charge in [-0.05, 0) is 37.7 Å². The number of aryl methyl sites for hydroxylation is 1. The molecule has 19 heavy (non-hydrogen) atoms. The first-order valence-corrected chi connectivity index (χ1v) is 6.28. The number of hydrogen-bond acceptors (Lipinski definition) is 3. The Morgan fingerprint density at radius 1 is 1.32 bits per heavy atom. The molecule has 0 saturated carbocycles. The van der Waals surface area contributed by atoms with Crippen molar-refractivity contribution in [2.75, 3.05) is 13.7 Å². The van der Waals surface area contributed by atoms with Crippen molar-refractivity contribution in [3.63, 3.8) is 0 Å². The topological polar surface area (TPSA) is 34.4 Å². The van der Waals surface area contributed by atoms with Crippen molar-refractivity contribution in [3.05, 3.63) is 53.2 Å². The van der Waals surface area contributed by atoms with E-state index in [0.717, 1.165) is 23.4 Å². The van der Waals surface area contributed by atoms with E-state index in [1.54, 1.807) is 19.4 Å². The van der Waals surface area contributed by atoms with E-state index in [2.05, 4.69) is 5.32 Å². The second-order valence-electron chi connectivity index (χ2n) is 4.31. The van der Waals surface area contributed by atoms with Crippen molar-refractivity contribution in [2.24, 2.45) is 0 Å². The van der Waals surface area contributed by atoms with E-state index in [0.29, 0.717) is 5.75 Å². The van der Waals surface area contributed by atoms with Gasteiger partial charge in [-0.1, -0.05) is 6.92 Å². The molecule has 102 valence electrons. The number of nitrogens with one attached hydrogen (secondary N) is 1. The second kappa shape index (κ2) is 5.89. The average Bonchev–Trinajstić information content (AvgIpc) is 2.82. The molecular weight excluding hydrogens is 245 g/mol. The molecular formula is C15H18FNO2. The average molecular weight is 263 g/mol. The van der Waals surface area contributed by atoms with Gasteiger partial charge in [0.15, 0.2) is 0 Å². The number of benzene rings is 1. The van der Waals surface area contributed by atoms with Gasteiger partial charge in [-0.15, -0.1) is 0 Å². The van der Waals surface area contributed by atoms with Crippen LogP contribution in [0.2, 0.25) is 0 Å². The Bertz CT molecular complexity index is 551. The molecule has 0 aliphatic rings. The first-order valence-electron chi connectivity index (χ1n) is 6.28. The maximum atomic E-state index is 13.5. The van der Waals surface area contributed by atoms with Gasteiger partial charge < -0.3 is 14.5 Å². The van der Waals surface area contributed by atoms with Gasteiger partial charge in [0.1, 0.15) is 17.3 Å². The summed E-state index contributed by atoms with van der Waals surface area (Å²) in [5, 5.41) is 3.34. The lowest BCUT2D eigenvalue weighted by molar-refractivity contribution is 0.402. The number of rotatable bonds is 5. The lowest BCUT2D eigenvalue weighted by Crippen LogP contribution is -2.23. The van der Waals surface area contributed by atoms with Crippen molar-refractivity contribution in [1.29, 1.82) is 0 Å². The smallest absolute Gasteiger partial charge is 0.124 e. The van der Waals surface area contributed by atoms with Gasteiger partial charge in [0.05, 0.1) is 19.4 Å². The summed E-state index contributed by atoms with van der Waals surface area (Å²) in [5.41, 5.74) is 1.76. The van der Waals surface area contributed by atoms with Gasteiger partial charge in [0.25, 0.3) is 0 Å². The number of methoxy groups -OCH3 is 1. The van der Waals surface area contributed by atoms with Crippen LogP contribution in [-0.4, -0.2) is 13.7 Å². The molecule has 2 aromatic rings. The van der Waals surface area contributed by atoms with E-state index < -0.39 is 0 Å². The van der Waals surface area contributed by atoms with Gasteiger partial charge in [0, 0.05) is 11.1 Å². The molecule has 0 spiro atoms. The molecule has 1 aromatic heterocycles. The van der Waals surface area contributed by atoms with Crippen LogP contribution in [0.15, 0.2) is 34.9 Å². The van der Waals surface area contributed by atoms with Crippen molar-refractivity contribution in [2.45, 2.75) is 19.9 Å². The van der Waals surface area contributed by atoms with Crippen LogP contribution in [0.4, 0.5) is 4.39 Å². The minimum absolute atomic E-state index is 0.144. The summed E-state index contributed by atoms with van der Waals surface area (Å²) in [5.74, 6) is 1.20. The van der Waals surface area contributed by atoms with E-state index in [1.807, 2.05) is 19.9 Å². The highest BCUT2D eigenvalue weighted by Crippen LogP contribution is 2.32. The zero-order chi connectivity index (χ0) is 13.8. The predicted octanol–water partition coefficient (Wildman–Crippen LogP) is 3.43. The molecule has 1 N–H and O–H groups in total. The molecule has 3 nitrogen and oxygen atoms in total. The van der Waals surface area contributed by atoms with Gasteiger partial charge >= 0.3 is 0 Å². The normalized spacial score (nSPS) is 12.4. The third-order valence-electron chi connectivity index (χ3n) is 3.12. The lowest BCUT2D eigenvalue weighted by atomic mass is 9.98. The third-order valence-corrected chi connectivity index (χ3v) is 3.12. The minimum Gasteiger partial charge on any atom is -0.496 e. The summed E-state index contributed by atoms with van der Waals surface area (Å²) < 4.78 is 24.2. The van der Waals surface area contributed by atoms with Crippen molar-refractivity contribution < 1.29 is 13.5 Å². The van der Waals surface area contributed by atoms with Crippen LogP contribution < -0.4 is 10.1 Å². The SMILES string of the molecule is CCNC(c1cc(F)ccc1OC)c1ccoc1C. The summed E-state index contributed by atoms with van der Waals surface area (Å²) in [6.45, 7) is 4.66. The number of furan rings is 1. The standard InChI is InChI=1S/C15H18FNO2/c1-4-17-15(12-7-8-19-10(12)2)13-9-11(16)5-6-14(13)18-3/h5-9,15,17H,4H2,1-3H3. The zero-order valence-corrected chi connectivity index (χ0v) is 11.4. The largest absolute Gasteiger partial charge is 0.496 e. The maximum Gasteiger partial charge on any atom is 0.124 e. The van der Waals surface area contributed by atoms with Crippen LogP contribution in [0.25, 0.3) is 0 Å². The van der Waals surface area contributed by atoms with Crippen LogP contribution in [0.5, 0.6) is 5.75 Å². The van der Waals surface area contributed by atoms with Crippen LogP contribution >= 0.6 is 0 Å². The highest BCUT2D eigenvalue weighted by Gasteiger charge is 2.21. The van der Waals surface area contributed by atoms with Crippen LogP contribution in [0, 0.1) is 12.7 Å². The molecule has 2 rings (SSSR count). The summed E-state index contributed by atoms with van der Waals surface area (Å²) in [4.78, 5) is 0. The van der Waals surface area contributed by atoms with Gasteiger partial charge in [-0.3, -0.25) is 0 Å². The van der Waals surface area contributed by atoms with E-state index in [9.17, 15) is 4.39 Å². The molecule has 0 radical (unpaired) electrons. The molecule has 0 aliphatic heterocycles. The van der Waals surface area contributed by atoms with Crippen molar-refractivity contribution in [1.82, 2.24) is 5.32 Å². The first-order chi connectivity index (χ1) is 9.17. The lowest BCUT2D eigenvalue weighted by Gasteiger charge is -2.20. The highest BCUT2D eigenvalue weighted by molar-refractivity contribution is 5.42. The first kappa shape index (κ1) is 13.6. The Kier molecular flexibility index (Phi) is 4.22. The zero-order valence-electron chi connectivity index (χ0n) is 11.4. The van der Waals surface area contributed by atoms with E-state index in [-0.39, 0.29) is 11.9 Å². The Morgan fingerprint density at radius 3 is 2.68 bits per heavy atom. The third kappa shape index (κ3) is 2.79. The number of hydrogen-bond donors (Lipinski definition) is 1. The molecule has 0 saturated heterocycles. The molecule has 0 amide bonds. The molecule has 0 fully saturated rings. The second-order valence-corrected chi connectivity index (χ2v) is 4.31. The van der Waals surface area contributed by atoms with Gasteiger partial charge in [-0.2, -0.15) is 0 Å². The molecule has 4 heteroatoms. The molecule has 1 unspecified atom stereocenters. The monoisotopic (exact) mass is 263 g/mol. The fourth-order valence-corrected chi connectivity index (χ4v) is 2.22. The predicted molar refractivity (Wildman–Crippen MR) is 71.9 cm³/mol. The van der Waals surface area contributed by atoms with E-state index >= 15 is 0 Å². The Balaban J connectivity index is 2.50. The fourth-order valence-electron chi connectivity index (χ4n) is 2.22. The van der Waals surface area contributed by atoms with E-state index in [1.165, 1.54) is 12.1 Å². The summed E-state index contributed by atoms with van der Waals surface area (Å²) >= 11 is 0. The number of halogens is 1. The summed E-state index contributed by atoms with van der Waals surface area (Å²) in [7, 11) is 1.59. The van der Waals surface area contributed by atoms with Gasteiger partial charge in [-0.25, -0.2) is 4.39 Å². The van der Waals surface area contributed by atoms with Crippen LogP contribution in [0.3, 0.4) is 0 Å². The van der Waals surface area contributed by atoms with Crippen LogP contribution in [0.1, 0.15) is 29.9 Å². The van der Waals surface area contributed by atoms with Crippen molar-refractivity contribution in [3.8, 4) is 5.75 Å². The van der Waals surface area contributed by atoms with Crippen molar-refractivity contribution >= 4 is 0 Å². The minimum atomic E-state index is -0.278. The molecule has 1 aromatic carbocycles. The fraction of sp³-hybridized carbons (Fsp3) is 0.333. The van der Waals surface area contributed by atoms with Crippen LogP contribution in [-0.2, 0) is 0 Å². The molecule has 1 atom stereocenters. The molecule has 0 aliphatic carbocycles.